The summed E-state index contributed by atoms with van der Waals surface area (Å²) in [6.07, 6.45) is 0.841. The quantitative estimate of drug-likeness (QED) is 0.661. The molecular formula is C22H22Cl2N2O3. The van der Waals surface area contributed by atoms with Gasteiger partial charge in [-0.15, -0.1) is 0 Å². The SMILES string of the molecule is CCc1[nH+]c(C)ccc1O.NC(C(=O)[O-])(c1ccccc1)c1c(Cl)cccc1Cl. The maximum atomic E-state index is 11.6. The molecule has 5 nitrogen and oxygen atoms in total. The fraction of sp³-hybridized carbons (Fsp3) is 0.182. The zero-order chi connectivity index (χ0) is 21.6. The molecule has 3 aromatic rings. The molecule has 0 amide bonds. The number of carboxylic acid groups (broad SMARTS) is 1. The Morgan fingerprint density at radius 2 is 1.66 bits per heavy atom. The summed E-state index contributed by atoms with van der Waals surface area (Å²) >= 11 is 12.1. The van der Waals surface area contributed by atoms with Gasteiger partial charge in [-0.05, 0) is 23.8 Å². The zero-order valence-electron chi connectivity index (χ0n) is 16.1. The van der Waals surface area contributed by atoms with Crippen LogP contribution in [-0.4, -0.2) is 11.1 Å². The molecule has 0 aliphatic carbocycles. The van der Waals surface area contributed by atoms with E-state index in [0.29, 0.717) is 11.3 Å². The molecule has 0 spiro atoms. The number of halogens is 2. The monoisotopic (exact) mass is 432 g/mol. The first-order valence-electron chi connectivity index (χ1n) is 8.92. The normalized spacial score (nSPS) is 12.4. The molecule has 0 saturated heterocycles. The molecule has 7 heteroatoms. The summed E-state index contributed by atoms with van der Waals surface area (Å²) in [6, 6.07) is 16.6. The van der Waals surface area contributed by atoms with E-state index in [4.69, 9.17) is 28.9 Å². The van der Waals surface area contributed by atoms with Gasteiger partial charge in [-0.25, -0.2) is 4.98 Å². The number of nitrogens with two attached hydrogens (primary N) is 1. The van der Waals surface area contributed by atoms with Gasteiger partial charge in [0.15, 0.2) is 11.4 Å². The summed E-state index contributed by atoms with van der Waals surface area (Å²) in [5.41, 5.74) is 6.62. The maximum Gasteiger partial charge on any atom is 0.221 e. The summed E-state index contributed by atoms with van der Waals surface area (Å²) < 4.78 is 0. The molecule has 1 unspecified atom stereocenters. The van der Waals surface area contributed by atoms with E-state index in [9.17, 15) is 15.0 Å². The number of benzene rings is 2. The third kappa shape index (κ3) is 5.07. The molecule has 29 heavy (non-hydrogen) atoms. The zero-order valence-corrected chi connectivity index (χ0v) is 17.6. The number of hydrogen-bond acceptors (Lipinski definition) is 4. The van der Waals surface area contributed by atoms with Gasteiger partial charge in [-0.3, -0.25) is 0 Å². The van der Waals surface area contributed by atoms with Gasteiger partial charge in [0.25, 0.3) is 0 Å². The number of aliphatic carboxylic acids is 1. The molecule has 0 saturated carbocycles. The van der Waals surface area contributed by atoms with Crippen molar-refractivity contribution in [1.29, 1.82) is 0 Å². The molecule has 2 aromatic carbocycles. The van der Waals surface area contributed by atoms with Gasteiger partial charge in [0.2, 0.25) is 5.69 Å². The fourth-order valence-electron chi connectivity index (χ4n) is 2.86. The number of carbonyl (C=O) groups is 1. The Morgan fingerprint density at radius 3 is 2.14 bits per heavy atom. The van der Waals surface area contributed by atoms with Gasteiger partial charge in [0.05, 0.1) is 5.97 Å². The van der Waals surface area contributed by atoms with E-state index < -0.39 is 11.5 Å². The standard InChI is InChI=1S/C14H11Cl2NO2.C8H11NO/c15-10-7-4-8-11(16)12(10)14(17,13(18)19)9-5-2-1-3-6-9;1-3-7-8(10)5-4-6(2)9-7/h1-8H,17H2,(H,18,19);4-5,10H,3H2,1-2H3. The molecule has 4 N–H and O–H groups in total. The molecule has 1 heterocycles. The highest BCUT2D eigenvalue weighted by Crippen LogP contribution is 2.36. The van der Waals surface area contributed by atoms with Crippen molar-refractivity contribution in [3.8, 4) is 5.75 Å². The number of nitrogens with one attached hydrogen (secondary N) is 1. The van der Waals surface area contributed by atoms with Gasteiger partial charge < -0.3 is 20.7 Å². The van der Waals surface area contributed by atoms with Crippen molar-refractivity contribution in [3.05, 3.63) is 93.2 Å². The van der Waals surface area contributed by atoms with E-state index in [1.807, 2.05) is 19.9 Å². The number of aromatic nitrogens is 1. The van der Waals surface area contributed by atoms with Crippen molar-refractivity contribution in [3.63, 3.8) is 0 Å². The Hall–Kier alpha value is -2.60. The lowest BCUT2D eigenvalue weighted by atomic mass is 9.83. The van der Waals surface area contributed by atoms with E-state index >= 15 is 0 Å². The predicted molar refractivity (Wildman–Crippen MR) is 112 cm³/mol. The van der Waals surface area contributed by atoms with Crippen LogP contribution in [0.4, 0.5) is 0 Å². The Kier molecular flexibility index (Phi) is 7.62. The predicted octanol–water partition coefficient (Wildman–Crippen LogP) is 3.02. The Balaban J connectivity index is 0.000000253. The smallest absolute Gasteiger partial charge is 0.221 e. The fourth-order valence-corrected chi connectivity index (χ4v) is 3.55. The molecule has 152 valence electrons. The number of H-pyrrole nitrogens is 1. The van der Waals surface area contributed by atoms with Crippen LogP contribution in [-0.2, 0) is 16.8 Å². The molecule has 0 aliphatic rings. The van der Waals surface area contributed by atoms with Gasteiger partial charge in [0.1, 0.15) is 5.54 Å². The highest BCUT2D eigenvalue weighted by molar-refractivity contribution is 6.36. The largest absolute Gasteiger partial charge is 0.547 e. The van der Waals surface area contributed by atoms with E-state index in [2.05, 4.69) is 4.98 Å². The summed E-state index contributed by atoms with van der Waals surface area (Å²) in [7, 11) is 0. The molecule has 3 rings (SSSR count). The Labute approximate surface area is 179 Å². The highest BCUT2D eigenvalue weighted by atomic mass is 35.5. The minimum absolute atomic E-state index is 0.129. The Morgan fingerprint density at radius 1 is 1.07 bits per heavy atom. The second-order valence-electron chi connectivity index (χ2n) is 6.42. The van der Waals surface area contributed by atoms with Crippen LogP contribution in [0, 0.1) is 6.92 Å². The van der Waals surface area contributed by atoms with Crippen molar-refractivity contribution in [2.75, 3.05) is 0 Å². The number of aromatic amines is 1. The van der Waals surface area contributed by atoms with Crippen LogP contribution in [0.2, 0.25) is 10.0 Å². The lowest BCUT2D eigenvalue weighted by molar-refractivity contribution is -0.400. The molecule has 0 fully saturated rings. The van der Waals surface area contributed by atoms with Gasteiger partial charge in [-0.2, -0.15) is 0 Å². The van der Waals surface area contributed by atoms with Gasteiger partial charge >= 0.3 is 0 Å². The third-order valence-electron chi connectivity index (χ3n) is 4.41. The lowest BCUT2D eigenvalue weighted by Gasteiger charge is -2.33. The first kappa shape index (κ1) is 22.7. The van der Waals surface area contributed by atoms with Crippen molar-refractivity contribution in [2.45, 2.75) is 25.8 Å². The number of carbonyl (C=O) groups excluding carboxylic acids is 1. The topological polar surface area (TPSA) is 101 Å². The lowest BCUT2D eigenvalue weighted by Crippen LogP contribution is -2.53. The molecule has 1 atom stereocenters. The van der Waals surface area contributed by atoms with E-state index in [-0.39, 0.29) is 15.6 Å². The van der Waals surface area contributed by atoms with Crippen LogP contribution in [0.25, 0.3) is 0 Å². The van der Waals surface area contributed by atoms with Crippen LogP contribution in [0.5, 0.6) is 5.75 Å². The van der Waals surface area contributed by atoms with Crippen LogP contribution >= 0.6 is 23.2 Å². The molecular weight excluding hydrogens is 411 g/mol. The minimum Gasteiger partial charge on any atom is -0.547 e. The number of pyridine rings is 1. The van der Waals surface area contributed by atoms with E-state index in [0.717, 1.165) is 17.8 Å². The average Bonchev–Trinajstić information content (AvgIpc) is 2.70. The second kappa shape index (κ2) is 9.74. The van der Waals surface area contributed by atoms with Gasteiger partial charge in [0, 0.05) is 35.0 Å². The average molecular weight is 433 g/mol. The summed E-state index contributed by atoms with van der Waals surface area (Å²) in [5.74, 6) is -1.11. The minimum atomic E-state index is -1.89. The van der Waals surface area contributed by atoms with Crippen LogP contribution < -0.4 is 15.8 Å². The summed E-state index contributed by atoms with van der Waals surface area (Å²) in [5, 5.41) is 21.1. The van der Waals surface area contributed by atoms with E-state index in [1.54, 1.807) is 42.5 Å². The molecule has 0 bridgehead atoms. The number of carboxylic acids is 1. The molecule has 1 aromatic heterocycles. The number of hydrogen-bond donors (Lipinski definition) is 2. The van der Waals surface area contributed by atoms with Crippen molar-refractivity contribution >= 4 is 29.2 Å². The van der Waals surface area contributed by atoms with Crippen molar-refractivity contribution in [2.24, 2.45) is 5.73 Å². The van der Waals surface area contributed by atoms with Gasteiger partial charge in [-0.1, -0.05) is 66.5 Å². The third-order valence-corrected chi connectivity index (χ3v) is 5.04. The number of aryl methyl sites for hydroxylation is 2. The number of aromatic hydroxyl groups is 1. The molecule has 0 aliphatic heterocycles. The first-order chi connectivity index (χ1) is 13.7. The Bertz CT molecular complexity index is 976. The van der Waals surface area contributed by atoms with Crippen LogP contribution in [0.1, 0.15) is 29.4 Å². The summed E-state index contributed by atoms with van der Waals surface area (Å²) in [6.45, 7) is 3.98. The molecule has 0 radical (unpaired) electrons. The van der Waals surface area contributed by atoms with Crippen LogP contribution in [0.15, 0.2) is 60.7 Å². The van der Waals surface area contributed by atoms with Crippen LogP contribution in [0.3, 0.4) is 0 Å². The van der Waals surface area contributed by atoms with Crippen molar-refractivity contribution in [1.82, 2.24) is 0 Å². The van der Waals surface area contributed by atoms with E-state index in [1.165, 1.54) is 12.1 Å². The van der Waals surface area contributed by atoms with Crippen molar-refractivity contribution < 1.29 is 20.0 Å². The maximum absolute atomic E-state index is 11.6. The summed E-state index contributed by atoms with van der Waals surface area (Å²) in [4.78, 5) is 14.6. The number of rotatable bonds is 4. The second-order valence-corrected chi connectivity index (χ2v) is 7.23. The first-order valence-corrected chi connectivity index (χ1v) is 9.68. The highest BCUT2D eigenvalue weighted by Gasteiger charge is 2.35.